The summed E-state index contributed by atoms with van der Waals surface area (Å²) in [5.74, 6) is 0.626. The Morgan fingerprint density at radius 2 is 1.83 bits per heavy atom. The molecule has 1 aliphatic heterocycles. The summed E-state index contributed by atoms with van der Waals surface area (Å²) in [5, 5.41) is 11.3. The van der Waals surface area contributed by atoms with Gasteiger partial charge in [0.05, 0.1) is 5.69 Å². The summed E-state index contributed by atoms with van der Waals surface area (Å²) in [6, 6.07) is 7.84. The van der Waals surface area contributed by atoms with Crippen LogP contribution in [0.2, 0.25) is 0 Å². The van der Waals surface area contributed by atoms with Crippen molar-refractivity contribution in [2.75, 3.05) is 4.90 Å². The van der Waals surface area contributed by atoms with Crippen molar-refractivity contribution in [2.24, 2.45) is 21.5 Å². The number of aliphatic imine (C=N–C) groups is 2. The van der Waals surface area contributed by atoms with E-state index in [0.717, 1.165) is 37.1 Å². The largest absolute Gasteiger partial charge is 0.369 e. The minimum Gasteiger partial charge on any atom is -0.369 e. The highest BCUT2D eigenvalue weighted by molar-refractivity contribution is 6.05. The van der Waals surface area contributed by atoms with E-state index < -0.39 is 5.66 Å². The molecule has 1 aromatic carbocycles. The quantitative estimate of drug-likeness (QED) is 0.840. The highest BCUT2D eigenvalue weighted by atomic mass is 15.5. The Morgan fingerprint density at radius 1 is 1.04 bits per heavy atom. The minimum atomic E-state index is -0.451. The van der Waals surface area contributed by atoms with E-state index >= 15 is 0 Å². The van der Waals surface area contributed by atoms with E-state index in [9.17, 15) is 0 Å². The van der Waals surface area contributed by atoms with E-state index in [1.807, 2.05) is 29.2 Å². The molecule has 1 fully saturated rings. The fourth-order valence-corrected chi connectivity index (χ4v) is 3.55. The van der Waals surface area contributed by atoms with Gasteiger partial charge in [0, 0.05) is 5.69 Å². The van der Waals surface area contributed by atoms with E-state index in [0.29, 0.717) is 5.96 Å². The van der Waals surface area contributed by atoms with Crippen molar-refractivity contribution >= 4 is 17.6 Å². The number of hydrogen-bond donors (Lipinski definition) is 2. The van der Waals surface area contributed by atoms with Crippen molar-refractivity contribution in [2.45, 2.75) is 37.8 Å². The number of rotatable bonds is 2. The first-order valence-corrected chi connectivity index (χ1v) is 8.01. The second kappa shape index (κ2) is 5.59. The number of nitrogens with zero attached hydrogens (tertiary/aromatic N) is 7. The average Bonchev–Trinajstić information content (AvgIpc) is 3.09. The molecule has 0 radical (unpaired) electrons. The summed E-state index contributed by atoms with van der Waals surface area (Å²) in [7, 11) is 0. The Kier molecular flexibility index (Phi) is 3.40. The van der Waals surface area contributed by atoms with Crippen molar-refractivity contribution < 1.29 is 0 Å². The van der Waals surface area contributed by atoms with Crippen LogP contribution < -0.4 is 16.4 Å². The molecule has 4 N–H and O–H groups in total. The van der Waals surface area contributed by atoms with Gasteiger partial charge >= 0.3 is 0 Å². The van der Waals surface area contributed by atoms with Gasteiger partial charge in [-0.15, -0.1) is 5.10 Å². The van der Waals surface area contributed by atoms with Gasteiger partial charge in [0.1, 0.15) is 12.0 Å². The molecule has 9 heteroatoms. The van der Waals surface area contributed by atoms with Crippen molar-refractivity contribution in [3.8, 4) is 5.69 Å². The fraction of sp³-hybridized carbons (Fsp3) is 0.400. The van der Waals surface area contributed by atoms with Crippen LogP contribution in [0, 0.1) is 0 Å². The maximum Gasteiger partial charge on any atom is 0.220 e. The van der Waals surface area contributed by atoms with Crippen LogP contribution >= 0.6 is 0 Å². The highest BCUT2D eigenvalue weighted by Crippen LogP contribution is 2.39. The van der Waals surface area contributed by atoms with Gasteiger partial charge in [0.15, 0.2) is 0 Å². The van der Waals surface area contributed by atoms with Gasteiger partial charge in [-0.2, -0.15) is 4.99 Å². The fourth-order valence-electron chi connectivity index (χ4n) is 3.55. The lowest BCUT2D eigenvalue weighted by Crippen LogP contribution is -2.58. The van der Waals surface area contributed by atoms with Crippen LogP contribution in [-0.2, 0) is 0 Å². The maximum absolute atomic E-state index is 6.24. The van der Waals surface area contributed by atoms with Gasteiger partial charge in [0.2, 0.25) is 11.9 Å². The molecule has 1 saturated carbocycles. The van der Waals surface area contributed by atoms with Crippen molar-refractivity contribution in [3.05, 3.63) is 30.6 Å². The van der Waals surface area contributed by atoms with E-state index in [2.05, 4.69) is 25.5 Å². The normalized spacial score (nSPS) is 19.9. The molecule has 124 valence electrons. The lowest BCUT2D eigenvalue weighted by Gasteiger charge is -2.45. The van der Waals surface area contributed by atoms with Crippen molar-refractivity contribution in [3.63, 3.8) is 0 Å². The van der Waals surface area contributed by atoms with Crippen LogP contribution in [0.15, 0.2) is 40.6 Å². The zero-order chi connectivity index (χ0) is 16.6. The molecule has 9 nitrogen and oxygen atoms in total. The zero-order valence-electron chi connectivity index (χ0n) is 13.2. The van der Waals surface area contributed by atoms with Gasteiger partial charge < -0.3 is 11.5 Å². The van der Waals surface area contributed by atoms with Crippen molar-refractivity contribution in [1.29, 1.82) is 0 Å². The Bertz CT molecular complexity index is 787. The molecule has 1 spiro atoms. The van der Waals surface area contributed by atoms with Gasteiger partial charge in [-0.1, -0.05) is 12.5 Å². The van der Waals surface area contributed by atoms with Gasteiger partial charge in [-0.05, 0) is 54.3 Å². The molecule has 1 aliphatic carbocycles. The van der Waals surface area contributed by atoms with Gasteiger partial charge in [-0.25, -0.2) is 9.67 Å². The Morgan fingerprint density at radius 3 is 2.58 bits per heavy atom. The molecular formula is C15H19N9. The predicted octanol–water partition coefficient (Wildman–Crippen LogP) is 0.772. The number of guanidine groups is 2. The van der Waals surface area contributed by atoms with E-state index in [1.165, 1.54) is 6.42 Å². The minimum absolute atomic E-state index is 0.252. The van der Waals surface area contributed by atoms with Crippen LogP contribution in [0.1, 0.15) is 32.1 Å². The number of hydrogen-bond acceptors (Lipinski definition) is 8. The topological polar surface area (TPSA) is 124 Å². The summed E-state index contributed by atoms with van der Waals surface area (Å²) in [6.45, 7) is 0. The van der Waals surface area contributed by atoms with Gasteiger partial charge in [-0.3, -0.25) is 4.90 Å². The molecule has 0 saturated heterocycles. The second-order valence-electron chi connectivity index (χ2n) is 6.09. The van der Waals surface area contributed by atoms with E-state index in [1.54, 1.807) is 11.0 Å². The first-order chi connectivity index (χ1) is 11.7. The zero-order valence-corrected chi connectivity index (χ0v) is 13.2. The monoisotopic (exact) mass is 325 g/mol. The number of benzene rings is 1. The summed E-state index contributed by atoms with van der Waals surface area (Å²) in [5.41, 5.74) is 13.4. The maximum atomic E-state index is 6.24. The van der Waals surface area contributed by atoms with E-state index in [-0.39, 0.29) is 5.96 Å². The molecule has 0 bridgehead atoms. The number of aromatic nitrogens is 4. The SMILES string of the molecule is NC1=NC2(CCCCC2)N(c2cccc(-n3cnnn3)c2)C(N)=N1. The third kappa shape index (κ3) is 2.38. The Balaban J connectivity index is 1.79. The van der Waals surface area contributed by atoms with Crippen molar-refractivity contribution in [1.82, 2.24) is 20.2 Å². The second-order valence-corrected chi connectivity index (χ2v) is 6.09. The van der Waals surface area contributed by atoms with Crippen LogP contribution in [0.5, 0.6) is 0 Å². The third-order valence-electron chi connectivity index (χ3n) is 4.55. The number of tetrazole rings is 1. The van der Waals surface area contributed by atoms with E-state index in [4.69, 9.17) is 11.5 Å². The Labute approximate surface area is 139 Å². The molecule has 1 aromatic heterocycles. The summed E-state index contributed by atoms with van der Waals surface area (Å²) < 4.78 is 1.60. The van der Waals surface area contributed by atoms with Crippen LogP contribution in [0.3, 0.4) is 0 Å². The van der Waals surface area contributed by atoms with Crippen LogP contribution in [0.4, 0.5) is 5.69 Å². The lowest BCUT2D eigenvalue weighted by molar-refractivity contribution is 0.305. The smallest absolute Gasteiger partial charge is 0.220 e. The van der Waals surface area contributed by atoms with Gasteiger partial charge in [0.25, 0.3) is 0 Å². The molecule has 24 heavy (non-hydrogen) atoms. The first kappa shape index (κ1) is 14.6. The molecule has 4 rings (SSSR count). The predicted molar refractivity (Wildman–Crippen MR) is 90.7 cm³/mol. The molecule has 0 unspecified atom stereocenters. The summed E-state index contributed by atoms with van der Waals surface area (Å²) >= 11 is 0. The Hall–Kier alpha value is -2.97. The third-order valence-corrected chi connectivity index (χ3v) is 4.55. The summed E-state index contributed by atoms with van der Waals surface area (Å²) in [6.07, 6.45) is 6.74. The standard InChI is InChI=1S/C15H19N9/c16-13-19-14(17)24(15(20-13)7-2-1-3-8-15)12-6-4-5-11(9-12)23-10-18-21-22-23/h4-6,9-10H,1-3,7-8H2,(H4,16,17,19,20). The molecule has 2 heterocycles. The molecular weight excluding hydrogens is 306 g/mol. The lowest BCUT2D eigenvalue weighted by atomic mass is 9.87. The van der Waals surface area contributed by atoms with Crippen LogP contribution in [-0.4, -0.2) is 37.8 Å². The molecule has 2 aromatic rings. The molecule has 0 atom stereocenters. The number of nitrogens with two attached hydrogens (primary N) is 2. The first-order valence-electron chi connectivity index (χ1n) is 8.01. The summed E-state index contributed by atoms with van der Waals surface area (Å²) in [4.78, 5) is 10.9. The molecule has 2 aliphatic rings. The van der Waals surface area contributed by atoms with Crippen LogP contribution in [0.25, 0.3) is 5.69 Å². The highest BCUT2D eigenvalue weighted by Gasteiger charge is 2.42. The molecule has 0 amide bonds. The average molecular weight is 325 g/mol. The number of anilines is 1.